The molecule has 0 unspecified atom stereocenters. The first-order valence-electron chi connectivity index (χ1n) is 7.64. The summed E-state index contributed by atoms with van der Waals surface area (Å²) >= 11 is 3.40. The molecule has 3 rings (SSSR count). The number of hydrogen-bond acceptors (Lipinski definition) is 4. The Labute approximate surface area is 148 Å². The summed E-state index contributed by atoms with van der Waals surface area (Å²) in [5, 5.41) is 0. The predicted octanol–water partition coefficient (Wildman–Crippen LogP) is 2.02. The van der Waals surface area contributed by atoms with Crippen LogP contribution in [0.3, 0.4) is 0 Å². The molecule has 0 amide bonds. The highest BCUT2D eigenvalue weighted by molar-refractivity contribution is 9.10. The summed E-state index contributed by atoms with van der Waals surface area (Å²) in [5.74, 6) is 0.926. The van der Waals surface area contributed by atoms with E-state index >= 15 is 0 Å². The molecule has 0 bridgehead atoms. The summed E-state index contributed by atoms with van der Waals surface area (Å²) in [6.07, 6.45) is 3.47. The second-order valence-corrected chi connectivity index (χ2v) is 6.29. The van der Waals surface area contributed by atoms with E-state index in [4.69, 9.17) is 5.73 Å². The van der Waals surface area contributed by atoms with Gasteiger partial charge in [0, 0.05) is 43.0 Å². The first-order valence-corrected chi connectivity index (χ1v) is 8.43. The molecule has 1 fully saturated rings. The lowest BCUT2D eigenvalue weighted by atomic mass is 10.2. The first kappa shape index (κ1) is 16.6. The predicted molar refractivity (Wildman–Crippen MR) is 95.2 cm³/mol. The normalized spacial score (nSPS) is 15.7. The summed E-state index contributed by atoms with van der Waals surface area (Å²) < 4.78 is 14.1. The van der Waals surface area contributed by atoms with E-state index in [-0.39, 0.29) is 5.82 Å². The fourth-order valence-corrected chi connectivity index (χ4v) is 2.89. The van der Waals surface area contributed by atoms with Crippen molar-refractivity contribution in [2.75, 3.05) is 31.1 Å². The molecule has 126 valence electrons. The smallest absolute Gasteiger partial charge is 0.225 e. The largest absolute Gasteiger partial charge is 0.370 e. The Bertz CT molecular complexity index is 716. The minimum Gasteiger partial charge on any atom is -0.370 e. The monoisotopic (exact) mass is 392 g/mol. The number of rotatable bonds is 3. The van der Waals surface area contributed by atoms with Crippen LogP contribution >= 0.6 is 15.9 Å². The number of halogens is 2. The van der Waals surface area contributed by atoms with Crippen molar-refractivity contribution in [2.45, 2.75) is 6.54 Å². The van der Waals surface area contributed by atoms with E-state index in [1.54, 1.807) is 24.5 Å². The number of aliphatic imine (C=N–C) groups is 1. The van der Waals surface area contributed by atoms with Crippen molar-refractivity contribution in [2.24, 2.45) is 10.7 Å². The Morgan fingerprint density at radius 1 is 1.21 bits per heavy atom. The van der Waals surface area contributed by atoms with Crippen LogP contribution in [0, 0.1) is 5.82 Å². The van der Waals surface area contributed by atoms with Crippen LogP contribution in [0.1, 0.15) is 5.56 Å². The van der Waals surface area contributed by atoms with Crippen molar-refractivity contribution in [3.05, 3.63) is 52.5 Å². The van der Waals surface area contributed by atoms with Crippen LogP contribution in [0.15, 0.2) is 46.1 Å². The Kier molecular flexibility index (Phi) is 5.24. The van der Waals surface area contributed by atoms with Gasteiger partial charge in [-0.25, -0.2) is 19.4 Å². The van der Waals surface area contributed by atoms with Gasteiger partial charge in [0.05, 0.1) is 6.54 Å². The molecule has 1 aliphatic heterocycles. The standard InChI is InChI=1S/C16H18BrFN6/c17-14-3-2-13(18)10-12(14)11-22-15(19)23-6-8-24(9-7-23)16-20-4-1-5-21-16/h1-5,10H,6-9,11H2,(H2,19,22). The number of nitrogens with zero attached hydrogens (tertiary/aromatic N) is 5. The second-order valence-electron chi connectivity index (χ2n) is 5.43. The number of hydrogen-bond donors (Lipinski definition) is 1. The summed E-state index contributed by atoms with van der Waals surface area (Å²) in [6.45, 7) is 3.40. The van der Waals surface area contributed by atoms with Crippen molar-refractivity contribution in [1.82, 2.24) is 14.9 Å². The van der Waals surface area contributed by atoms with Crippen molar-refractivity contribution in [3.8, 4) is 0 Å². The van der Waals surface area contributed by atoms with Crippen LogP contribution in [0.2, 0.25) is 0 Å². The summed E-state index contributed by atoms with van der Waals surface area (Å²) in [7, 11) is 0. The van der Waals surface area contributed by atoms with E-state index in [9.17, 15) is 4.39 Å². The molecule has 8 heteroatoms. The lowest BCUT2D eigenvalue weighted by Gasteiger charge is -2.35. The van der Waals surface area contributed by atoms with Crippen molar-refractivity contribution >= 4 is 27.8 Å². The first-order chi connectivity index (χ1) is 11.6. The van der Waals surface area contributed by atoms with E-state index in [2.05, 4.69) is 35.8 Å². The third-order valence-corrected chi connectivity index (χ3v) is 4.63. The van der Waals surface area contributed by atoms with Gasteiger partial charge in [-0.05, 0) is 29.8 Å². The SMILES string of the molecule is NC(=NCc1cc(F)ccc1Br)N1CCN(c2ncccn2)CC1. The zero-order valence-corrected chi connectivity index (χ0v) is 14.7. The van der Waals surface area contributed by atoms with Gasteiger partial charge in [-0.1, -0.05) is 15.9 Å². The lowest BCUT2D eigenvalue weighted by molar-refractivity contribution is 0.378. The molecule has 1 aromatic heterocycles. The van der Waals surface area contributed by atoms with Gasteiger partial charge in [-0.3, -0.25) is 0 Å². The minimum atomic E-state index is -0.279. The molecule has 2 aromatic rings. The van der Waals surface area contributed by atoms with Gasteiger partial charge in [0.15, 0.2) is 5.96 Å². The van der Waals surface area contributed by atoms with Gasteiger partial charge in [-0.2, -0.15) is 0 Å². The molecule has 24 heavy (non-hydrogen) atoms. The van der Waals surface area contributed by atoms with Crippen molar-refractivity contribution in [1.29, 1.82) is 0 Å². The van der Waals surface area contributed by atoms with Crippen molar-refractivity contribution < 1.29 is 4.39 Å². The van der Waals surface area contributed by atoms with E-state index in [1.807, 2.05) is 4.90 Å². The fraction of sp³-hybridized carbons (Fsp3) is 0.312. The molecule has 1 aromatic carbocycles. The zero-order chi connectivity index (χ0) is 16.9. The molecule has 0 radical (unpaired) electrons. The van der Waals surface area contributed by atoms with Crippen molar-refractivity contribution in [3.63, 3.8) is 0 Å². The Morgan fingerprint density at radius 3 is 2.62 bits per heavy atom. The summed E-state index contributed by atoms with van der Waals surface area (Å²) in [6, 6.07) is 6.35. The van der Waals surface area contributed by atoms with Gasteiger partial charge in [0.25, 0.3) is 0 Å². The average Bonchev–Trinajstić information content (AvgIpc) is 2.63. The van der Waals surface area contributed by atoms with Crippen LogP contribution in [-0.2, 0) is 6.54 Å². The molecule has 2 heterocycles. The van der Waals surface area contributed by atoms with Gasteiger partial charge in [0.2, 0.25) is 5.95 Å². The molecule has 0 atom stereocenters. The maximum absolute atomic E-state index is 13.3. The lowest BCUT2D eigenvalue weighted by Crippen LogP contribution is -2.51. The minimum absolute atomic E-state index is 0.279. The highest BCUT2D eigenvalue weighted by Crippen LogP contribution is 2.18. The Morgan fingerprint density at radius 2 is 1.92 bits per heavy atom. The Hall–Kier alpha value is -2.22. The third kappa shape index (κ3) is 4.00. The van der Waals surface area contributed by atoms with Gasteiger partial charge in [0.1, 0.15) is 5.82 Å². The third-order valence-electron chi connectivity index (χ3n) is 3.86. The number of benzene rings is 1. The van der Waals surface area contributed by atoms with E-state index in [0.717, 1.165) is 42.2 Å². The maximum Gasteiger partial charge on any atom is 0.225 e. The van der Waals surface area contributed by atoms with E-state index < -0.39 is 0 Å². The Balaban J connectivity index is 1.58. The van der Waals surface area contributed by atoms with Gasteiger partial charge in [-0.15, -0.1) is 0 Å². The maximum atomic E-state index is 13.3. The number of piperazine rings is 1. The highest BCUT2D eigenvalue weighted by atomic mass is 79.9. The average molecular weight is 393 g/mol. The molecule has 1 aliphatic rings. The molecular formula is C16H18BrFN6. The van der Waals surface area contributed by atoms with E-state index in [0.29, 0.717) is 12.5 Å². The molecule has 0 spiro atoms. The number of anilines is 1. The van der Waals surface area contributed by atoms with Crippen LogP contribution < -0.4 is 10.6 Å². The summed E-state index contributed by atoms with van der Waals surface area (Å²) in [4.78, 5) is 17.1. The fourth-order valence-electron chi connectivity index (χ4n) is 2.52. The number of nitrogens with two attached hydrogens (primary N) is 1. The van der Waals surface area contributed by atoms with Crippen LogP contribution in [0.4, 0.5) is 10.3 Å². The van der Waals surface area contributed by atoms with E-state index in [1.165, 1.54) is 12.1 Å². The molecule has 0 saturated carbocycles. The second kappa shape index (κ2) is 7.57. The number of guanidine groups is 1. The number of aromatic nitrogens is 2. The molecule has 6 nitrogen and oxygen atoms in total. The highest BCUT2D eigenvalue weighted by Gasteiger charge is 2.19. The van der Waals surface area contributed by atoms with Crippen LogP contribution in [-0.4, -0.2) is 47.0 Å². The topological polar surface area (TPSA) is 70.6 Å². The van der Waals surface area contributed by atoms with Crippen LogP contribution in [0.5, 0.6) is 0 Å². The molecule has 2 N–H and O–H groups in total. The zero-order valence-electron chi connectivity index (χ0n) is 13.1. The van der Waals surface area contributed by atoms with Crippen LogP contribution in [0.25, 0.3) is 0 Å². The quantitative estimate of drug-likeness (QED) is 0.638. The molecule has 0 aliphatic carbocycles. The molecule has 1 saturated heterocycles. The summed E-state index contributed by atoms with van der Waals surface area (Å²) in [5.41, 5.74) is 6.86. The van der Waals surface area contributed by atoms with Gasteiger partial charge < -0.3 is 15.5 Å². The van der Waals surface area contributed by atoms with Gasteiger partial charge >= 0.3 is 0 Å². The molecular weight excluding hydrogens is 375 g/mol.